The topological polar surface area (TPSA) is 56.7 Å². The summed E-state index contributed by atoms with van der Waals surface area (Å²) in [7, 11) is 0. The summed E-state index contributed by atoms with van der Waals surface area (Å²) in [6.45, 7) is 0. The predicted octanol–water partition coefficient (Wildman–Crippen LogP) is 3.08. The maximum Gasteiger partial charge on any atom is 0.0858 e. The van der Waals surface area contributed by atoms with Gasteiger partial charge in [-0.3, -0.25) is 0 Å². The van der Waals surface area contributed by atoms with Gasteiger partial charge in [-0.2, -0.15) is 0 Å². The Morgan fingerprint density at radius 1 is 1.00 bits per heavy atom. The third-order valence-corrected chi connectivity index (χ3v) is 3.65. The van der Waals surface area contributed by atoms with Crippen LogP contribution in [0.2, 0.25) is 0 Å². The van der Waals surface area contributed by atoms with E-state index < -0.39 is 0 Å². The van der Waals surface area contributed by atoms with Gasteiger partial charge in [0.15, 0.2) is 0 Å². The summed E-state index contributed by atoms with van der Waals surface area (Å²) in [5.41, 5.74) is 9.17. The highest BCUT2D eigenvalue weighted by Crippen LogP contribution is 2.22. The van der Waals surface area contributed by atoms with Crippen molar-refractivity contribution in [1.29, 1.82) is 0 Å². The lowest BCUT2D eigenvalue weighted by molar-refractivity contribution is 0.719. The molecule has 4 nitrogen and oxygen atoms in total. The third-order valence-electron chi connectivity index (χ3n) is 3.12. The molecule has 0 aliphatic carbocycles. The second-order valence-electron chi connectivity index (χ2n) is 4.44. The Labute approximate surface area is 125 Å². The fraction of sp³-hybridized carbons (Fsp3) is 0.0667. The van der Waals surface area contributed by atoms with E-state index in [1.807, 2.05) is 54.6 Å². The number of nitrogens with two attached hydrogens (primary N) is 1. The second kappa shape index (κ2) is 5.56. The lowest BCUT2D eigenvalue weighted by Crippen LogP contribution is -2.16. The zero-order valence-corrected chi connectivity index (χ0v) is 12.2. The van der Waals surface area contributed by atoms with Crippen LogP contribution < -0.4 is 5.73 Å². The van der Waals surface area contributed by atoms with Gasteiger partial charge in [0.25, 0.3) is 0 Å². The number of aromatic nitrogens is 3. The normalized spacial score (nSPS) is 12.3. The largest absolute Gasteiger partial charge is 0.319 e. The van der Waals surface area contributed by atoms with Crippen LogP contribution in [0.1, 0.15) is 17.3 Å². The maximum atomic E-state index is 6.33. The molecule has 0 amide bonds. The minimum absolute atomic E-state index is 0.265. The van der Waals surface area contributed by atoms with Crippen molar-refractivity contribution in [3.8, 4) is 5.69 Å². The summed E-state index contributed by atoms with van der Waals surface area (Å²) in [6.07, 6.45) is 1.71. The first-order valence-corrected chi connectivity index (χ1v) is 7.02. The van der Waals surface area contributed by atoms with Gasteiger partial charge in [-0.1, -0.05) is 51.5 Å². The predicted molar refractivity (Wildman–Crippen MR) is 81.5 cm³/mol. The molecule has 2 N–H and O–H groups in total. The molecule has 2 aromatic carbocycles. The summed E-state index contributed by atoms with van der Waals surface area (Å²) in [5.74, 6) is 0. The molecule has 1 heterocycles. The summed E-state index contributed by atoms with van der Waals surface area (Å²) in [5, 5.41) is 8.11. The van der Waals surface area contributed by atoms with Gasteiger partial charge in [-0.05, 0) is 29.8 Å². The first-order valence-electron chi connectivity index (χ1n) is 6.23. The molecule has 100 valence electrons. The Morgan fingerprint density at radius 2 is 1.70 bits per heavy atom. The van der Waals surface area contributed by atoms with E-state index in [2.05, 4.69) is 26.2 Å². The molecule has 0 radical (unpaired) electrons. The summed E-state index contributed by atoms with van der Waals surface area (Å²) < 4.78 is 2.80. The quantitative estimate of drug-likeness (QED) is 0.803. The number of benzene rings is 2. The van der Waals surface area contributed by atoms with Crippen molar-refractivity contribution in [3.63, 3.8) is 0 Å². The van der Waals surface area contributed by atoms with Crippen molar-refractivity contribution < 1.29 is 0 Å². The molecule has 0 fully saturated rings. The van der Waals surface area contributed by atoms with Gasteiger partial charge >= 0.3 is 0 Å². The number of rotatable bonds is 3. The summed E-state index contributed by atoms with van der Waals surface area (Å²) in [6, 6.07) is 17.5. The van der Waals surface area contributed by atoms with Crippen LogP contribution in [0.25, 0.3) is 5.69 Å². The van der Waals surface area contributed by atoms with E-state index in [4.69, 9.17) is 5.73 Å². The smallest absolute Gasteiger partial charge is 0.0858 e. The number of hydrogen-bond donors (Lipinski definition) is 1. The van der Waals surface area contributed by atoms with E-state index >= 15 is 0 Å². The highest BCUT2D eigenvalue weighted by atomic mass is 79.9. The molecule has 0 saturated heterocycles. The van der Waals surface area contributed by atoms with Crippen molar-refractivity contribution in [3.05, 3.63) is 76.5 Å². The van der Waals surface area contributed by atoms with Crippen molar-refractivity contribution in [2.45, 2.75) is 6.04 Å². The third kappa shape index (κ3) is 2.50. The van der Waals surface area contributed by atoms with Gasteiger partial charge in [0.2, 0.25) is 0 Å². The fourth-order valence-corrected chi connectivity index (χ4v) is 2.33. The summed E-state index contributed by atoms with van der Waals surface area (Å²) in [4.78, 5) is 0. The molecular weight excluding hydrogens is 316 g/mol. The average molecular weight is 329 g/mol. The minimum Gasteiger partial charge on any atom is -0.319 e. The van der Waals surface area contributed by atoms with Crippen LogP contribution in [0.5, 0.6) is 0 Å². The zero-order valence-electron chi connectivity index (χ0n) is 10.6. The molecule has 0 saturated carbocycles. The Morgan fingerprint density at radius 3 is 2.40 bits per heavy atom. The van der Waals surface area contributed by atoms with Crippen LogP contribution in [-0.4, -0.2) is 15.0 Å². The lowest BCUT2D eigenvalue weighted by Gasteiger charge is -2.13. The molecule has 0 aliphatic heterocycles. The Bertz CT molecular complexity index is 691. The number of nitrogens with zero attached hydrogens (tertiary/aromatic N) is 3. The van der Waals surface area contributed by atoms with E-state index in [0.29, 0.717) is 0 Å². The van der Waals surface area contributed by atoms with Gasteiger partial charge < -0.3 is 5.73 Å². The van der Waals surface area contributed by atoms with Gasteiger partial charge in [-0.15, -0.1) is 5.10 Å². The Balaban J connectivity index is 1.99. The highest BCUT2D eigenvalue weighted by molar-refractivity contribution is 9.10. The van der Waals surface area contributed by atoms with Crippen LogP contribution in [0.4, 0.5) is 0 Å². The number of hydrogen-bond acceptors (Lipinski definition) is 3. The van der Waals surface area contributed by atoms with Crippen LogP contribution in [0.3, 0.4) is 0 Å². The molecule has 0 bridgehead atoms. The van der Waals surface area contributed by atoms with Crippen LogP contribution in [0.15, 0.2) is 65.3 Å². The maximum absolute atomic E-state index is 6.33. The average Bonchev–Trinajstić information content (AvgIpc) is 2.97. The first-order chi connectivity index (χ1) is 9.75. The monoisotopic (exact) mass is 328 g/mol. The van der Waals surface area contributed by atoms with Gasteiger partial charge in [0.05, 0.1) is 23.6 Å². The van der Waals surface area contributed by atoms with Crippen molar-refractivity contribution in [2.75, 3.05) is 0 Å². The zero-order chi connectivity index (χ0) is 13.9. The molecule has 1 atom stereocenters. The van der Waals surface area contributed by atoms with Crippen LogP contribution in [-0.2, 0) is 0 Å². The van der Waals surface area contributed by atoms with Crippen molar-refractivity contribution >= 4 is 15.9 Å². The molecule has 0 aliphatic rings. The highest BCUT2D eigenvalue weighted by Gasteiger charge is 2.15. The number of para-hydroxylation sites is 1. The van der Waals surface area contributed by atoms with Gasteiger partial charge in [0.1, 0.15) is 0 Å². The molecule has 1 aromatic heterocycles. The molecule has 20 heavy (non-hydrogen) atoms. The molecule has 1 unspecified atom stereocenters. The fourth-order valence-electron chi connectivity index (χ4n) is 2.07. The van der Waals surface area contributed by atoms with Crippen molar-refractivity contribution in [2.24, 2.45) is 5.73 Å². The van der Waals surface area contributed by atoms with E-state index in [0.717, 1.165) is 21.4 Å². The first kappa shape index (κ1) is 13.0. The van der Waals surface area contributed by atoms with E-state index in [1.165, 1.54) is 0 Å². The Hall–Kier alpha value is -1.98. The molecule has 5 heteroatoms. The minimum atomic E-state index is -0.265. The standard InChI is InChI=1S/C15H13BrN4/c16-12-8-6-11(7-9-12)15(17)14-10-18-19-20(14)13-4-2-1-3-5-13/h1-10,15H,17H2. The van der Waals surface area contributed by atoms with Gasteiger partial charge in [-0.25, -0.2) is 4.68 Å². The van der Waals surface area contributed by atoms with Crippen LogP contribution in [0, 0.1) is 0 Å². The lowest BCUT2D eigenvalue weighted by atomic mass is 10.1. The van der Waals surface area contributed by atoms with E-state index in [9.17, 15) is 0 Å². The SMILES string of the molecule is NC(c1ccc(Br)cc1)c1cnnn1-c1ccccc1. The van der Waals surface area contributed by atoms with Crippen molar-refractivity contribution in [1.82, 2.24) is 15.0 Å². The Kier molecular flexibility index (Phi) is 3.62. The summed E-state index contributed by atoms with van der Waals surface area (Å²) >= 11 is 3.42. The number of halogens is 1. The van der Waals surface area contributed by atoms with E-state index in [-0.39, 0.29) is 6.04 Å². The molecule has 3 aromatic rings. The van der Waals surface area contributed by atoms with Gasteiger partial charge in [0, 0.05) is 4.47 Å². The molecule has 3 rings (SSSR count). The van der Waals surface area contributed by atoms with Crippen LogP contribution >= 0.6 is 15.9 Å². The molecular formula is C15H13BrN4. The van der Waals surface area contributed by atoms with E-state index in [1.54, 1.807) is 10.9 Å². The second-order valence-corrected chi connectivity index (χ2v) is 5.35. The molecule has 0 spiro atoms.